The Kier molecular flexibility index (Phi) is 5.19. The first-order valence-corrected chi connectivity index (χ1v) is 7.85. The molecule has 0 aliphatic carbocycles. The van der Waals surface area contributed by atoms with Crippen molar-refractivity contribution >= 4 is 17.6 Å². The van der Waals surface area contributed by atoms with Crippen molar-refractivity contribution in [2.24, 2.45) is 17.1 Å². The van der Waals surface area contributed by atoms with Crippen molar-refractivity contribution < 1.29 is 14.4 Å². The minimum Gasteiger partial charge on any atom is -0.369 e. The summed E-state index contributed by atoms with van der Waals surface area (Å²) in [5, 5.41) is 0. The average molecular weight is 315 g/mol. The highest BCUT2D eigenvalue weighted by Crippen LogP contribution is 2.25. The number of amides is 2. The maximum absolute atomic E-state index is 12.4. The van der Waals surface area contributed by atoms with Crippen molar-refractivity contribution in [3.63, 3.8) is 0 Å². The first-order chi connectivity index (χ1) is 10.8. The number of nitrogens with zero attached hydrogens (tertiary/aromatic N) is 1. The third kappa shape index (κ3) is 4.18. The van der Waals surface area contributed by atoms with E-state index in [0.717, 1.165) is 5.56 Å². The summed E-state index contributed by atoms with van der Waals surface area (Å²) in [6, 6.07) is 9.24. The minimum atomic E-state index is -0.964. The van der Waals surface area contributed by atoms with Gasteiger partial charge in [-0.15, -0.1) is 0 Å². The molecule has 0 unspecified atom stereocenters. The van der Waals surface area contributed by atoms with E-state index < -0.39 is 11.3 Å². The van der Waals surface area contributed by atoms with E-state index in [4.69, 9.17) is 5.73 Å². The van der Waals surface area contributed by atoms with E-state index in [1.165, 1.54) is 6.42 Å². The Morgan fingerprint density at radius 3 is 2.22 bits per heavy atom. The number of piperidine rings is 1. The summed E-state index contributed by atoms with van der Waals surface area (Å²) in [5.41, 5.74) is 5.05. The second kappa shape index (κ2) is 6.94. The number of carbonyl (C=O) groups excluding carboxylic acids is 3. The second-order valence-electron chi connectivity index (χ2n) is 6.56. The number of Topliss-reactive ketones (excluding diaryl/α,β-unsaturated/α-hetero) is 1. The zero-order valence-corrected chi connectivity index (χ0v) is 13.6. The van der Waals surface area contributed by atoms with Gasteiger partial charge in [0.1, 0.15) is 0 Å². The summed E-state index contributed by atoms with van der Waals surface area (Å²) >= 11 is 0. The molecule has 0 aromatic heterocycles. The third-order valence-electron chi connectivity index (χ3n) is 4.36. The van der Waals surface area contributed by atoms with E-state index in [2.05, 4.69) is 0 Å². The van der Waals surface area contributed by atoms with Crippen LogP contribution in [0.4, 0.5) is 0 Å². The Balaban J connectivity index is 1.90. The molecular weight excluding hydrogens is 292 g/mol. The van der Waals surface area contributed by atoms with Gasteiger partial charge in [-0.1, -0.05) is 44.2 Å². The van der Waals surface area contributed by atoms with Crippen LogP contribution in [0.25, 0.3) is 0 Å². The number of primary amides is 1. The molecule has 1 aliphatic heterocycles. The van der Waals surface area contributed by atoms with Crippen molar-refractivity contribution in [2.45, 2.75) is 26.7 Å². The molecule has 5 nitrogen and oxygen atoms in total. The van der Waals surface area contributed by atoms with Gasteiger partial charge in [-0.25, -0.2) is 0 Å². The molecule has 1 aliphatic rings. The van der Waals surface area contributed by atoms with Crippen molar-refractivity contribution in [1.82, 2.24) is 4.90 Å². The van der Waals surface area contributed by atoms with Gasteiger partial charge in [-0.2, -0.15) is 0 Å². The van der Waals surface area contributed by atoms with E-state index in [1.54, 1.807) is 18.7 Å². The van der Waals surface area contributed by atoms with Crippen LogP contribution in [-0.2, 0) is 9.59 Å². The Bertz CT molecular complexity index is 588. The van der Waals surface area contributed by atoms with Crippen LogP contribution >= 0.6 is 0 Å². The standard InChI is InChI=1S/C18H23N2O3/c1-18(2,17(19)23)12-15(21)20-10-8-14(9-11-20)16(22)13-6-4-3-5-7-13/h3-7,12,14H,8-11H2,1-2H3,(H2,19,23). The van der Waals surface area contributed by atoms with Crippen LogP contribution in [0.1, 0.15) is 37.0 Å². The molecule has 0 saturated carbocycles. The minimum absolute atomic E-state index is 0.0504. The lowest BCUT2D eigenvalue weighted by Crippen LogP contribution is -2.44. The summed E-state index contributed by atoms with van der Waals surface area (Å²) in [6.07, 6.45) is 2.66. The van der Waals surface area contributed by atoms with Crippen molar-refractivity contribution in [3.8, 4) is 0 Å². The van der Waals surface area contributed by atoms with Gasteiger partial charge in [0.05, 0.1) is 11.8 Å². The molecule has 2 N–H and O–H groups in total. The van der Waals surface area contributed by atoms with Crippen molar-refractivity contribution in [3.05, 3.63) is 42.3 Å². The van der Waals surface area contributed by atoms with Crippen LogP contribution in [0.5, 0.6) is 0 Å². The van der Waals surface area contributed by atoms with E-state index in [-0.39, 0.29) is 17.6 Å². The van der Waals surface area contributed by atoms with E-state index >= 15 is 0 Å². The molecule has 123 valence electrons. The summed E-state index contributed by atoms with van der Waals surface area (Å²) in [5.74, 6) is -0.635. The molecule has 5 heteroatoms. The van der Waals surface area contributed by atoms with E-state index in [0.29, 0.717) is 25.9 Å². The number of ketones is 1. The van der Waals surface area contributed by atoms with E-state index in [1.807, 2.05) is 30.3 Å². The fraction of sp³-hybridized carbons (Fsp3) is 0.444. The zero-order valence-electron chi connectivity index (χ0n) is 13.6. The van der Waals surface area contributed by atoms with Crippen molar-refractivity contribution in [1.29, 1.82) is 0 Å². The summed E-state index contributed by atoms with van der Waals surface area (Å²) in [7, 11) is 0. The highest BCUT2D eigenvalue weighted by atomic mass is 16.2. The molecule has 1 aromatic rings. The van der Waals surface area contributed by atoms with Gasteiger partial charge in [-0.3, -0.25) is 14.4 Å². The molecule has 0 atom stereocenters. The number of carbonyl (C=O) groups is 3. The van der Waals surface area contributed by atoms with Crippen molar-refractivity contribution in [2.75, 3.05) is 13.1 Å². The number of benzene rings is 1. The number of nitrogens with two attached hydrogens (primary N) is 1. The first kappa shape index (κ1) is 17.2. The lowest BCUT2D eigenvalue weighted by atomic mass is 9.86. The zero-order chi connectivity index (χ0) is 17.0. The summed E-state index contributed by atoms with van der Waals surface area (Å²) in [4.78, 5) is 37.7. The number of hydrogen-bond acceptors (Lipinski definition) is 3. The van der Waals surface area contributed by atoms with Crippen LogP contribution < -0.4 is 5.73 Å². The van der Waals surface area contributed by atoms with Crippen LogP contribution in [-0.4, -0.2) is 35.6 Å². The van der Waals surface area contributed by atoms with Crippen LogP contribution in [0.2, 0.25) is 0 Å². The molecule has 1 radical (unpaired) electrons. The maximum Gasteiger partial charge on any atom is 0.227 e. The Labute approximate surface area is 136 Å². The fourth-order valence-electron chi connectivity index (χ4n) is 2.67. The van der Waals surface area contributed by atoms with Gasteiger partial charge < -0.3 is 10.6 Å². The predicted octanol–water partition coefficient (Wildman–Crippen LogP) is 1.82. The molecule has 0 bridgehead atoms. The summed E-state index contributed by atoms with van der Waals surface area (Å²) < 4.78 is 0. The van der Waals surface area contributed by atoms with E-state index in [9.17, 15) is 14.4 Å². The largest absolute Gasteiger partial charge is 0.369 e. The lowest BCUT2D eigenvalue weighted by Gasteiger charge is -2.33. The SMILES string of the molecule is CC(C)([CH]C(=O)N1CCC(C(=O)c2ccccc2)CC1)C(N)=O. The third-order valence-corrected chi connectivity index (χ3v) is 4.36. The molecule has 2 amide bonds. The Hall–Kier alpha value is -2.17. The monoisotopic (exact) mass is 315 g/mol. The smallest absolute Gasteiger partial charge is 0.227 e. The van der Waals surface area contributed by atoms with Gasteiger partial charge in [0, 0.05) is 24.6 Å². The highest BCUT2D eigenvalue weighted by molar-refractivity contribution is 5.98. The predicted molar refractivity (Wildman–Crippen MR) is 87.4 cm³/mol. The molecule has 1 saturated heterocycles. The number of hydrogen-bond donors (Lipinski definition) is 1. The van der Waals surface area contributed by atoms with Gasteiger partial charge in [-0.05, 0) is 12.8 Å². The van der Waals surface area contributed by atoms with Crippen LogP contribution in [0.3, 0.4) is 0 Å². The van der Waals surface area contributed by atoms with Gasteiger partial charge in [0.15, 0.2) is 5.78 Å². The number of rotatable bonds is 5. The first-order valence-electron chi connectivity index (χ1n) is 7.85. The fourth-order valence-corrected chi connectivity index (χ4v) is 2.67. The van der Waals surface area contributed by atoms with Gasteiger partial charge in [0.25, 0.3) is 0 Å². The van der Waals surface area contributed by atoms with Crippen LogP contribution in [0.15, 0.2) is 30.3 Å². The molecule has 23 heavy (non-hydrogen) atoms. The molecule has 1 fully saturated rings. The Morgan fingerprint density at radius 2 is 1.70 bits per heavy atom. The quantitative estimate of drug-likeness (QED) is 0.842. The average Bonchev–Trinajstić information content (AvgIpc) is 2.54. The summed E-state index contributed by atoms with van der Waals surface area (Å²) in [6.45, 7) is 4.29. The highest BCUT2D eigenvalue weighted by Gasteiger charge is 2.33. The van der Waals surface area contributed by atoms with Crippen LogP contribution in [0, 0.1) is 17.8 Å². The molecule has 2 rings (SSSR count). The molecule has 1 aromatic carbocycles. The van der Waals surface area contributed by atoms with Gasteiger partial charge in [0.2, 0.25) is 11.8 Å². The maximum atomic E-state index is 12.4. The molecular formula is C18H23N2O3. The number of likely N-dealkylation sites (tertiary alicyclic amines) is 1. The Morgan fingerprint density at radius 1 is 1.13 bits per heavy atom. The second-order valence-corrected chi connectivity index (χ2v) is 6.56. The molecule has 1 heterocycles. The molecule has 0 spiro atoms. The topological polar surface area (TPSA) is 80.5 Å². The normalized spacial score (nSPS) is 16.2. The van der Waals surface area contributed by atoms with Gasteiger partial charge >= 0.3 is 0 Å². The lowest BCUT2D eigenvalue weighted by molar-refractivity contribution is -0.133.